The highest BCUT2D eigenvalue weighted by Crippen LogP contribution is 2.42. The molecule has 8 nitrogen and oxygen atoms in total. The summed E-state index contributed by atoms with van der Waals surface area (Å²) in [6.45, 7) is 2.27. The first-order chi connectivity index (χ1) is 13.9. The predicted molar refractivity (Wildman–Crippen MR) is 108 cm³/mol. The van der Waals surface area contributed by atoms with Gasteiger partial charge >= 0.3 is 12.0 Å². The molecule has 2 saturated carbocycles. The van der Waals surface area contributed by atoms with E-state index in [2.05, 4.69) is 10.6 Å². The Bertz CT molecular complexity index is 595. The van der Waals surface area contributed by atoms with Crippen LogP contribution in [0.3, 0.4) is 0 Å². The second kappa shape index (κ2) is 11.2. The molecule has 4 N–H and O–H groups in total. The van der Waals surface area contributed by atoms with Crippen molar-refractivity contribution in [2.75, 3.05) is 13.2 Å². The number of amides is 3. The lowest BCUT2D eigenvalue weighted by Gasteiger charge is -2.38. The molecule has 0 aromatic heterocycles. The molecule has 164 valence electrons. The average molecular weight is 410 g/mol. The lowest BCUT2D eigenvalue weighted by atomic mass is 9.67. The van der Waals surface area contributed by atoms with Crippen LogP contribution in [-0.4, -0.2) is 42.9 Å². The molecule has 0 bridgehead atoms. The fourth-order valence-corrected chi connectivity index (χ4v) is 4.27. The zero-order valence-corrected chi connectivity index (χ0v) is 17.5. The SMILES string of the molecule is CCOC(=O)C1(C(=O)N[C@@H](CCCNC(N)=O)C(=O)C2CCCCCC2)CCC1. The molecule has 29 heavy (non-hydrogen) atoms. The Morgan fingerprint density at radius 3 is 2.24 bits per heavy atom. The number of carbonyl (C=O) groups is 4. The Morgan fingerprint density at radius 2 is 1.72 bits per heavy atom. The number of Topliss-reactive ketones (excluding diaryl/α,β-unsaturated/α-hetero) is 1. The van der Waals surface area contributed by atoms with Crippen LogP contribution in [0.1, 0.15) is 77.6 Å². The van der Waals surface area contributed by atoms with Crippen LogP contribution in [0.15, 0.2) is 0 Å². The molecule has 0 aromatic carbocycles. The molecule has 0 heterocycles. The van der Waals surface area contributed by atoms with Crippen LogP contribution in [0.4, 0.5) is 4.79 Å². The third-order valence-corrected chi connectivity index (χ3v) is 6.18. The molecule has 3 amide bonds. The fourth-order valence-electron chi connectivity index (χ4n) is 4.27. The molecular weight excluding hydrogens is 374 g/mol. The van der Waals surface area contributed by atoms with Crippen LogP contribution in [0.5, 0.6) is 0 Å². The van der Waals surface area contributed by atoms with E-state index in [0.717, 1.165) is 44.9 Å². The highest BCUT2D eigenvalue weighted by molar-refractivity contribution is 6.05. The topological polar surface area (TPSA) is 128 Å². The van der Waals surface area contributed by atoms with Gasteiger partial charge in [-0.2, -0.15) is 0 Å². The van der Waals surface area contributed by atoms with Gasteiger partial charge in [0.15, 0.2) is 5.78 Å². The molecule has 0 spiro atoms. The minimum atomic E-state index is -1.16. The third-order valence-electron chi connectivity index (χ3n) is 6.18. The van der Waals surface area contributed by atoms with E-state index in [9.17, 15) is 19.2 Å². The highest BCUT2D eigenvalue weighted by atomic mass is 16.5. The van der Waals surface area contributed by atoms with Gasteiger partial charge in [-0.1, -0.05) is 32.1 Å². The summed E-state index contributed by atoms with van der Waals surface area (Å²) in [4.78, 5) is 49.5. The summed E-state index contributed by atoms with van der Waals surface area (Å²) in [7, 11) is 0. The van der Waals surface area contributed by atoms with Gasteiger partial charge in [0.25, 0.3) is 0 Å². The van der Waals surface area contributed by atoms with Gasteiger partial charge in [-0.05, 0) is 45.4 Å². The zero-order chi connectivity index (χ0) is 21.3. The van der Waals surface area contributed by atoms with Crippen molar-refractivity contribution in [1.29, 1.82) is 0 Å². The fraction of sp³-hybridized carbons (Fsp3) is 0.810. The maximum atomic E-state index is 13.2. The van der Waals surface area contributed by atoms with Crippen molar-refractivity contribution in [2.45, 2.75) is 83.6 Å². The number of urea groups is 1. The predicted octanol–water partition coefficient (Wildman–Crippen LogP) is 2.19. The summed E-state index contributed by atoms with van der Waals surface area (Å²) in [5.74, 6) is -0.929. The molecule has 2 rings (SSSR count). The standard InChI is InChI=1S/C21H35N3O5/c1-2-29-19(27)21(12-8-13-21)18(26)24-16(11-7-14-23-20(22)28)17(25)15-9-5-3-4-6-10-15/h15-16H,2-14H2,1H3,(H,24,26)(H3,22,23,28)/t16-/m0/s1. The van der Waals surface area contributed by atoms with Gasteiger partial charge in [-0.25, -0.2) is 4.79 Å². The Morgan fingerprint density at radius 1 is 1.07 bits per heavy atom. The van der Waals surface area contributed by atoms with E-state index in [0.29, 0.717) is 32.2 Å². The molecule has 0 unspecified atom stereocenters. The van der Waals surface area contributed by atoms with E-state index < -0.39 is 29.4 Å². The number of ketones is 1. The van der Waals surface area contributed by atoms with Crippen LogP contribution in [0, 0.1) is 11.3 Å². The lowest BCUT2D eigenvalue weighted by molar-refractivity contribution is -0.167. The quantitative estimate of drug-likeness (QED) is 0.221. The van der Waals surface area contributed by atoms with Crippen molar-refractivity contribution in [3.8, 4) is 0 Å². The number of esters is 1. The van der Waals surface area contributed by atoms with Crippen LogP contribution >= 0.6 is 0 Å². The maximum absolute atomic E-state index is 13.2. The number of nitrogens with two attached hydrogens (primary N) is 1. The van der Waals surface area contributed by atoms with E-state index in [1.54, 1.807) is 6.92 Å². The lowest BCUT2D eigenvalue weighted by Crippen LogP contribution is -2.56. The summed E-state index contributed by atoms with van der Waals surface area (Å²) in [6, 6.07) is -1.27. The van der Waals surface area contributed by atoms with E-state index in [-0.39, 0.29) is 18.3 Å². The number of rotatable bonds is 10. The first kappa shape index (κ1) is 23.2. The largest absolute Gasteiger partial charge is 0.465 e. The van der Waals surface area contributed by atoms with Crippen LogP contribution in [0.25, 0.3) is 0 Å². The number of hydrogen-bond donors (Lipinski definition) is 3. The van der Waals surface area contributed by atoms with Gasteiger partial charge in [-0.15, -0.1) is 0 Å². The highest BCUT2D eigenvalue weighted by Gasteiger charge is 2.52. The molecule has 2 aliphatic carbocycles. The number of hydrogen-bond acceptors (Lipinski definition) is 5. The van der Waals surface area contributed by atoms with Crippen molar-refractivity contribution in [1.82, 2.24) is 10.6 Å². The first-order valence-electron chi connectivity index (χ1n) is 11.0. The minimum absolute atomic E-state index is 0.0395. The minimum Gasteiger partial charge on any atom is -0.465 e. The third kappa shape index (κ3) is 6.18. The average Bonchev–Trinajstić information content (AvgIpc) is 2.92. The summed E-state index contributed by atoms with van der Waals surface area (Å²) in [5.41, 5.74) is 3.93. The maximum Gasteiger partial charge on any atom is 0.321 e. The van der Waals surface area contributed by atoms with Gasteiger partial charge in [-0.3, -0.25) is 14.4 Å². The number of carbonyl (C=O) groups excluding carboxylic acids is 4. The first-order valence-corrected chi connectivity index (χ1v) is 11.0. The second-order valence-corrected chi connectivity index (χ2v) is 8.21. The molecule has 0 aromatic rings. The van der Waals surface area contributed by atoms with Crippen molar-refractivity contribution in [3.63, 3.8) is 0 Å². The Kier molecular flexibility index (Phi) is 8.92. The van der Waals surface area contributed by atoms with Crippen molar-refractivity contribution >= 4 is 23.7 Å². The molecular formula is C21H35N3O5. The van der Waals surface area contributed by atoms with E-state index in [1.165, 1.54) is 0 Å². The van der Waals surface area contributed by atoms with Crippen LogP contribution < -0.4 is 16.4 Å². The van der Waals surface area contributed by atoms with E-state index >= 15 is 0 Å². The number of ether oxygens (including phenoxy) is 1. The summed E-state index contributed by atoms with van der Waals surface area (Å²) < 4.78 is 5.12. The van der Waals surface area contributed by atoms with Gasteiger partial charge in [0.05, 0.1) is 12.6 Å². The summed E-state index contributed by atoms with van der Waals surface area (Å²) in [5, 5.41) is 5.38. The Hall–Kier alpha value is -2.12. The van der Waals surface area contributed by atoms with Crippen molar-refractivity contribution < 1.29 is 23.9 Å². The molecule has 8 heteroatoms. The smallest absolute Gasteiger partial charge is 0.321 e. The van der Waals surface area contributed by atoms with E-state index in [1.807, 2.05) is 0 Å². The normalized spacial score (nSPS) is 19.9. The van der Waals surface area contributed by atoms with Crippen molar-refractivity contribution in [2.24, 2.45) is 17.1 Å². The molecule has 0 saturated heterocycles. The molecule has 0 radical (unpaired) electrons. The van der Waals surface area contributed by atoms with Gasteiger partial charge < -0.3 is 21.1 Å². The van der Waals surface area contributed by atoms with Crippen LogP contribution in [-0.2, 0) is 19.1 Å². The second-order valence-electron chi connectivity index (χ2n) is 8.21. The van der Waals surface area contributed by atoms with Gasteiger partial charge in [0.1, 0.15) is 5.41 Å². The summed E-state index contributed by atoms with van der Waals surface area (Å²) >= 11 is 0. The molecule has 2 fully saturated rings. The van der Waals surface area contributed by atoms with Crippen LogP contribution in [0.2, 0.25) is 0 Å². The number of nitrogens with one attached hydrogen (secondary N) is 2. The Balaban J connectivity index is 2.06. The molecule has 0 aliphatic heterocycles. The summed E-state index contributed by atoms with van der Waals surface area (Å²) in [6.07, 6.45) is 8.59. The number of primary amides is 1. The van der Waals surface area contributed by atoms with Crippen molar-refractivity contribution in [3.05, 3.63) is 0 Å². The van der Waals surface area contributed by atoms with E-state index in [4.69, 9.17) is 10.5 Å². The zero-order valence-electron chi connectivity index (χ0n) is 17.5. The Labute approximate surface area is 172 Å². The monoisotopic (exact) mass is 409 g/mol. The molecule has 2 aliphatic rings. The molecule has 1 atom stereocenters. The van der Waals surface area contributed by atoms with Gasteiger partial charge in [0.2, 0.25) is 5.91 Å². The van der Waals surface area contributed by atoms with Gasteiger partial charge in [0, 0.05) is 12.5 Å².